The van der Waals surface area contributed by atoms with Crippen LogP contribution in [0.3, 0.4) is 0 Å². The number of carbonyl (C=O) groups excluding carboxylic acids is 3. The van der Waals surface area contributed by atoms with Crippen molar-refractivity contribution in [3.63, 3.8) is 0 Å². The number of ketones is 1. The second-order valence-electron chi connectivity index (χ2n) is 3.14. The minimum Gasteiger partial charge on any atom is -0.469 e. The molecular formula is C9H12O5. The number of hydrogen-bond donors (Lipinski definition) is 0. The number of rotatable bonds is 2. The SMILES string of the molecule is COC(=O)[C@@H]1C(=O)CC[C@@H]1C(=O)OC. The van der Waals surface area contributed by atoms with Gasteiger partial charge in [0.15, 0.2) is 0 Å². The third kappa shape index (κ3) is 1.76. The molecule has 1 fully saturated rings. The van der Waals surface area contributed by atoms with Crippen molar-refractivity contribution < 1.29 is 23.9 Å². The van der Waals surface area contributed by atoms with Gasteiger partial charge in [0.1, 0.15) is 11.7 Å². The van der Waals surface area contributed by atoms with Crippen molar-refractivity contribution in [1.82, 2.24) is 0 Å². The average molecular weight is 200 g/mol. The minimum atomic E-state index is -0.965. The fraction of sp³-hybridized carbons (Fsp3) is 0.667. The Morgan fingerprint density at radius 1 is 1.21 bits per heavy atom. The topological polar surface area (TPSA) is 69.7 Å². The summed E-state index contributed by atoms with van der Waals surface area (Å²) in [7, 11) is 2.43. The Kier molecular flexibility index (Phi) is 3.22. The second-order valence-corrected chi connectivity index (χ2v) is 3.14. The van der Waals surface area contributed by atoms with E-state index >= 15 is 0 Å². The summed E-state index contributed by atoms with van der Waals surface area (Å²) in [5, 5.41) is 0. The van der Waals surface area contributed by atoms with Gasteiger partial charge in [0.05, 0.1) is 20.1 Å². The Bertz CT molecular complexity index is 270. The highest BCUT2D eigenvalue weighted by Crippen LogP contribution is 2.30. The first-order valence-electron chi connectivity index (χ1n) is 4.30. The smallest absolute Gasteiger partial charge is 0.317 e. The predicted molar refractivity (Wildman–Crippen MR) is 45.3 cm³/mol. The van der Waals surface area contributed by atoms with Crippen LogP contribution in [0.15, 0.2) is 0 Å². The number of ether oxygens (including phenoxy) is 2. The van der Waals surface area contributed by atoms with E-state index in [0.29, 0.717) is 6.42 Å². The van der Waals surface area contributed by atoms with Crippen LogP contribution in [0.25, 0.3) is 0 Å². The number of Topliss-reactive ketones (excluding diaryl/α,β-unsaturated/α-hetero) is 1. The van der Waals surface area contributed by atoms with Crippen LogP contribution in [-0.2, 0) is 23.9 Å². The van der Waals surface area contributed by atoms with Gasteiger partial charge in [-0.25, -0.2) is 0 Å². The summed E-state index contributed by atoms with van der Waals surface area (Å²) in [5.74, 6) is -3.05. The van der Waals surface area contributed by atoms with Gasteiger partial charge in [-0.2, -0.15) is 0 Å². The van der Waals surface area contributed by atoms with Gasteiger partial charge in [-0.1, -0.05) is 0 Å². The maximum absolute atomic E-state index is 11.3. The van der Waals surface area contributed by atoms with Crippen molar-refractivity contribution >= 4 is 17.7 Å². The van der Waals surface area contributed by atoms with Crippen LogP contribution in [0.4, 0.5) is 0 Å². The maximum atomic E-state index is 11.3. The Morgan fingerprint density at radius 2 is 1.79 bits per heavy atom. The average Bonchev–Trinajstić information content (AvgIpc) is 2.58. The number of esters is 2. The molecule has 0 aromatic heterocycles. The molecule has 0 N–H and O–H groups in total. The number of hydrogen-bond acceptors (Lipinski definition) is 5. The molecule has 0 aromatic rings. The standard InChI is InChI=1S/C9H12O5/c1-13-8(11)5-3-4-6(10)7(5)9(12)14-2/h5,7H,3-4H2,1-2H3/t5-,7-/m0/s1. The molecule has 0 aliphatic heterocycles. The molecule has 0 radical (unpaired) electrons. The largest absolute Gasteiger partial charge is 0.469 e. The maximum Gasteiger partial charge on any atom is 0.317 e. The highest BCUT2D eigenvalue weighted by molar-refractivity contribution is 6.04. The highest BCUT2D eigenvalue weighted by atomic mass is 16.5. The molecule has 1 rings (SSSR count). The predicted octanol–water partition coefficient (Wildman–Crippen LogP) is -0.0723. The molecule has 0 bridgehead atoms. The van der Waals surface area contributed by atoms with Crippen LogP contribution in [0.2, 0.25) is 0 Å². The van der Waals surface area contributed by atoms with Crippen LogP contribution >= 0.6 is 0 Å². The molecule has 78 valence electrons. The van der Waals surface area contributed by atoms with Crippen LogP contribution < -0.4 is 0 Å². The van der Waals surface area contributed by atoms with Gasteiger partial charge >= 0.3 is 11.9 Å². The van der Waals surface area contributed by atoms with E-state index in [2.05, 4.69) is 9.47 Å². The van der Waals surface area contributed by atoms with E-state index in [1.165, 1.54) is 14.2 Å². The minimum absolute atomic E-state index is 0.236. The summed E-state index contributed by atoms with van der Waals surface area (Å²) in [6, 6.07) is 0. The van der Waals surface area contributed by atoms with Crippen molar-refractivity contribution in [1.29, 1.82) is 0 Å². The van der Waals surface area contributed by atoms with Gasteiger partial charge in [0.25, 0.3) is 0 Å². The van der Waals surface area contributed by atoms with Crippen molar-refractivity contribution in [2.24, 2.45) is 11.8 Å². The molecule has 1 saturated carbocycles. The molecule has 0 heterocycles. The lowest BCUT2D eigenvalue weighted by molar-refractivity contribution is -0.158. The normalized spacial score (nSPS) is 26.0. The van der Waals surface area contributed by atoms with Gasteiger partial charge in [0, 0.05) is 6.42 Å². The van der Waals surface area contributed by atoms with Crippen LogP contribution in [0.1, 0.15) is 12.8 Å². The van der Waals surface area contributed by atoms with Gasteiger partial charge in [0.2, 0.25) is 0 Å². The lowest BCUT2D eigenvalue weighted by Crippen LogP contribution is -2.31. The van der Waals surface area contributed by atoms with E-state index in [1.807, 2.05) is 0 Å². The summed E-state index contributed by atoms with van der Waals surface area (Å²) in [4.78, 5) is 33.7. The number of carbonyl (C=O) groups is 3. The van der Waals surface area contributed by atoms with Crippen LogP contribution in [-0.4, -0.2) is 31.9 Å². The van der Waals surface area contributed by atoms with Crippen molar-refractivity contribution in [2.45, 2.75) is 12.8 Å². The number of methoxy groups -OCH3 is 2. The summed E-state index contributed by atoms with van der Waals surface area (Å²) >= 11 is 0. The van der Waals surface area contributed by atoms with Crippen LogP contribution in [0.5, 0.6) is 0 Å². The first-order valence-corrected chi connectivity index (χ1v) is 4.30. The molecule has 2 atom stereocenters. The Labute approximate surface area is 81.4 Å². The third-order valence-corrected chi connectivity index (χ3v) is 2.41. The molecule has 0 spiro atoms. The zero-order valence-corrected chi connectivity index (χ0v) is 8.11. The molecule has 0 amide bonds. The van der Waals surface area contributed by atoms with E-state index < -0.39 is 23.8 Å². The van der Waals surface area contributed by atoms with E-state index in [4.69, 9.17) is 0 Å². The van der Waals surface area contributed by atoms with Crippen molar-refractivity contribution in [3.05, 3.63) is 0 Å². The molecule has 1 aliphatic carbocycles. The Balaban J connectivity index is 2.81. The second kappa shape index (κ2) is 4.21. The van der Waals surface area contributed by atoms with Gasteiger partial charge < -0.3 is 9.47 Å². The molecule has 14 heavy (non-hydrogen) atoms. The molecular weight excluding hydrogens is 188 g/mol. The van der Waals surface area contributed by atoms with Crippen molar-refractivity contribution in [3.8, 4) is 0 Å². The van der Waals surface area contributed by atoms with Crippen LogP contribution in [0, 0.1) is 11.8 Å². The van der Waals surface area contributed by atoms with E-state index in [0.717, 1.165) is 0 Å². The zero-order valence-electron chi connectivity index (χ0n) is 8.11. The van der Waals surface area contributed by atoms with E-state index in [1.54, 1.807) is 0 Å². The molecule has 0 unspecified atom stereocenters. The lowest BCUT2D eigenvalue weighted by Gasteiger charge is -2.13. The Hall–Kier alpha value is -1.39. The quantitative estimate of drug-likeness (QED) is 0.461. The summed E-state index contributed by atoms with van der Waals surface area (Å²) in [6.45, 7) is 0. The van der Waals surface area contributed by atoms with Crippen molar-refractivity contribution in [2.75, 3.05) is 14.2 Å². The summed E-state index contributed by atoms with van der Waals surface area (Å²) in [5.41, 5.74) is 0. The molecule has 5 heteroatoms. The molecule has 1 aliphatic rings. The Morgan fingerprint density at radius 3 is 2.29 bits per heavy atom. The van der Waals surface area contributed by atoms with Gasteiger partial charge in [-0.15, -0.1) is 0 Å². The fourth-order valence-electron chi connectivity index (χ4n) is 1.67. The first-order chi connectivity index (χ1) is 6.61. The van der Waals surface area contributed by atoms with Gasteiger partial charge in [-0.05, 0) is 6.42 Å². The van der Waals surface area contributed by atoms with Gasteiger partial charge in [-0.3, -0.25) is 14.4 Å². The molecule has 0 saturated heterocycles. The monoisotopic (exact) mass is 200 g/mol. The van der Waals surface area contributed by atoms with E-state index in [-0.39, 0.29) is 12.2 Å². The summed E-state index contributed by atoms with van der Waals surface area (Å²) < 4.78 is 8.97. The molecule has 0 aromatic carbocycles. The summed E-state index contributed by atoms with van der Waals surface area (Å²) in [6.07, 6.45) is 0.602. The fourth-order valence-corrected chi connectivity index (χ4v) is 1.67. The third-order valence-electron chi connectivity index (χ3n) is 2.41. The first kappa shape index (κ1) is 10.7. The van der Waals surface area contributed by atoms with E-state index in [9.17, 15) is 14.4 Å². The lowest BCUT2D eigenvalue weighted by atomic mass is 9.96. The molecule has 5 nitrogen and oxygen atoms in total. The highest BCUT2D eigenvalue weighted by Gasteiger charge is 2.45. The zero-order chi connectivity index (χ0) is 10.7.